The van der Waals surface area contributed by atoms with Crippen LogP contribution in [0.25, 0.3) is 0 Å². The van der Waals surface area contributed by atoms with Crippen molar-refractivity contribution in [2.45, 2.75) is 25.0 Å². The zero-order valence-electron chi connectivity index (χ0n) is 11.9. The number of benzene rings is 1. The summed E-state index contributed by atoms with van der Waals surface area (Å²) in [7, 11) is 1.51. The molecule has 6 rings (SSSR count). The minimum absolute atomic E-state index is 0.00824. The van der Waals surface area contributed by atoms with Crippen LogP contribution in [0.1, 0.15) is 34.1 Å². The molecule has 108 valence electrons. The van der Waals surface area contributed by atoms with Crippen molar-refractivity contribution in [3.05, 3.63) is 35.4 Å². The maximum atomic E-state index is 13.2. The second-order valence-corrected chi connectivity index (χ2v) is 7.07. The van der Waals surface area contributed by atoms with E-state index in [0.717, 1.165) is 0 Å². The zero-order valence-corrected chi connectivity index (χ0v) is 11.9. The maximum Gasteiger partial charge on any atom is 0.196 e. The van der Waals surface area contributed by atoms with E-state index >= 15 is 0 Å². The molecule has 0 amide bonds. The number of hydrogen-bond acceptors (Lipinski definition) is 4. The molecule has 5 aliphatic carbocycles. The van der Waals surface area contributed by atoms with E-state index in [4.69, 9.17) is 4.74 Å². The number of aliphatic hydroxyl groups excluding tert-OH is 1. The van der Waals surface area contributed by atoms with Crippen LogP contribution in [-0.4, -0.2) is 35.5 Å². The van der Waals surface area contributed by atoms with Gasteiger partial charge < -0.3 is 9.84 Å². The molecule has 21 heavy (non-hydrogen) atoms. The van der Waals surface area contributed by atoms with E-state index in [1.165, 1.54) is 7.11 Å². The van der Waals surface area contributed by atoms with Gasteiger partial charge in [0.15, 0.2) is 11.6 Å². The van der Waals surface area contributed by atoms with Crippen molar-refractivity contribution in [3.8, 4) is 0 Å². The number of carbonyl (C=O) groups is 2. The molecule has 1 spiro atoms. The molecule has 1 aromatic carbocycles. The van der Waals surface area contributed by atoms with Gasteiger partial charge in [-0.3, -0.25) is 9.59 Å². The molecule has 4 fully saturated rings. The Morgan fingerprint density at radius 2 is 1.81 bits per heavy atom. The van der Waals surface area contributed by atoms with Gasteiger partial charge in [-0.05, 0) is 12.3 Å². The van der Waals surface area contributed by atoms with Gasteiger partial charge in [-0.2, -0.15) is 0 Å². The topological polar surface area (TPSA) is 63.6 Å². The molecule has 6 atom stereocenters. The third-order valence-electron chi connectivity index (χ3n) is 7.04. The third-order valence-corrected chi connectivity index (χ3v) is 7.04. The van der Waals surface area contributed by atoms with Gasteiger partial charge in [-0.15, -0.1) is 0 Å². The van der Waals surface area contributed by atoms with Crippen molar-refractivity contribution >= 4 is 11.6 Å². The lowest BCUT2D eigenvalue weighted by atomic mass is 9.67. The van der Waals surface area contributed by atoms with E-state index in [2.05, 4.69) is 0 Å². The number of methoxy groups -OCH3 is 1. The number of Topliss-reactive ketones (excluding diaryl/α,β-unsaturated/α-hetero) is 2. The molecule has 1 N–H and O–H groups in total. The Morgan fingerprint density at radius 3 is 2.33 bits per heavy atom. The zero-order chi connectivity index (χ0) is 14.8. The number of ether oxygens (including phenoxy) is 1. The highest BCUT2D eigenvalue weighted by Gasteiger charge is 3.00. The molecule has 0 unspecified atom stereocenters. The predicted octanol–water partition coefficient (Wildman–Crippen LogP) is 1.47. The van der Waals surface area contributed by atoms with Crippen LogP contribution in [0.5, 0.6) is 0 Å². The van der Waals surface area contributed by atoms with Crippen LogP contribution in [0.3, 0.4) is 0 Å². The van der Waals surface area contributed by atoms with Crippen molar-refractivity contribution < 1.29 is 19.4 Å². The van der Waals surface area contributed by atoms with Crippen LogP contribution in [0.15, 0.2) is 24.3 Å². The van der Waals surface area contributed by atoms with Crippen LogP contribution >= 0.6 is 0 Å². The highest BCUT2D eigenvalue weighted by atomic mass is 16.5. The first kappa shape index (κ1) is 12.1. The third kappa shape index (κ3) is 0.775. The molecule has 0 aliphatic heterocycles. The number of rotatable bonds is 1. The molecule has 5 aliphatic rings. The second-order valence-electron chi connectivity index (χ2n) is 7.07. The van der Waals surface area contributed by atoms with E-state index in [-0.39, 0.29) is 23.4 Å². The molecule has 4 saturated carbocycles. The van der Waals surface area contributed by atoms with E-state index in [9.17, 15) is 14.7 Å². The van der Waals surface area contributed by atoms with Crippen molar-refractivity contribution in [1.29, 1.82) is 0 Å². The number of carbonyl (C=O) groups excluding carboxylic acids is 2. The Hall–Kier alpha value is -1.52. The molecule has 4 nitrogen and oxygen atoms in total. The van der Waals surface area contributed by atoms with Gasteiger partial charge >= 0.3 is 0 Å². The average molecular weight is 284 g/mol. The summed E-state index contributed by atoms with van der Waals surface area (Å²) in [6.45, 7) is 1.95. The summed E-state index contributed by atoms with van der Waals surface area (Å²) in [4.78, 5) is 26.4. The molecular weight excluding hydrogens is 268 g/mol. The van der Waals surface area contributed by atoms with Gasteiger partial charge in [0.25, 0.3) is 0 Å². The first-order valence-electron chi connectivity index (χ1n) is 7.41. The van der Waals surface area contributed by atoms with E-state index in [0.29, 0.717) is 17.5 Å². The summed E-state index contributed by atoms with van der Waals surface area (Å²) in [6, 6.07) is 6.99. The molecule has 0 aromatic heterocycles. The number of aliphatic hydroxyl groups is 1. The first-order chi connectivity index (χ1) is 9.99. The van der Waals surface area contributed by atoms with Gasteiger partial charge in [-0.1, -0.05) is 31.2 Å². The summed E-state index contributed by atoms with van der Waals surface area (Å²) < 4.78 is 5.75. The summed E-state index contributed by atoms with van der Waals surface area (Å²) in [5, 5.41) is 10.7. The normalized spacial score (nSPS) is 51.9. The van der Waals surface area contributed by atoms with Crippen LogP contribution in [0.4, 0.5) is 0 Å². The number of hydrogen-bond donors (Lipinski definition) is 1. The quantitative estimate of drug-likeness (QED) is 0.848. The van der Waals surface area contributed by atoms with Gasteiger partial charge in [-0.25, -0.2) is 0 Å². The highest BCUT2D eigenvalue weighted by Crippen LogP contribution is 2.92. The van der Waals surface area contributed by atoms with Gasteiger partial charge in [0.2, 0.25) is 0 Å². The lowest BCUT2D eigenvalue weighted by molar-refractivity contribution is -0.0550. The minimum atomic E-state index is -1.16. The second kappa shape index (κ2) is 2.99. The van der Waals surface area contributed by atoms with Crippen LogP contribution in [0.2, 0.25) is 0 Å². The fourth-order valence-electron chi connectivity index (χ4n) is 6.35. The van der Waals surface area contributed by atoms with Crippen LogP contribution in [-0.2, 0) is 4.74 Å². The van der Waals surface area contributed by atoms with E-state index < -0.39 is 22.5 Å². The van der Waals surface area contributed by atoms with Crippen molar-refractivity contribution in [1.82, 2.24) is 0 Å². The molecule has 0 radical (unpaired) electrons. The maximum absolute atomic E-state index is 13.2. The monoisotopic (exact) mass is 284 g/mol. The van der Waals surface area contributed by atoms with Gasteiger partial charge in [0, 0.05) is 29.6 Å². The standard InChI is InChI=1S/C17H16O4/c1-15-11-7-10(14(15)20)17(21-2)13(19)9-6-4-3-5-8(9)12(18)16(11,15)17/h3-6,10-11,14,20H,7H2,1-2H3/t10-,11+,14+,15+,16-,17+/m1/s1. The van der Waals surface area contributed by atoms with E-state index in [1.54, 1.807) is 24.3 Å². The molecule has 0 saturated heterocycles. The number of ketones is 2. The Bertz CT molecular complexity index is 705. The predicted molar refractivity (Wildman–Crippen MR) is 73.0 cm³/mol. The van der Waals surface area contributed by atoms with E-state index in [1.807, 2.05) is 6.92 Å². The van der Waals surface area contributed by atoms with Crippen molar-refractivity contribution in [2.24, 2.45) is 22.7 Å². The summed E-state index contributed by atoms with van der Waals surface area (Å²) >= 11 is 0. The minimum Gasteiger partial charge on any atom is -0.392 e. The Labute approximate surface area is 122 Å². The SMILES string of the molecule is CO[C@@]12C(=O)c3ccccc3C(=O)[C@@]13[C@H]1C[C@@H]2[C@H](O)[C@]13C. The molecule has 4 bridgehead atoms. The van der Waals surface area contributed by atoms with Crippen molar-refractivity contribution in [2.75, 3.05) is 7.11 Å². The fraction of sp³-hybridized carbons (Fsp3) is 0.529. The average Bonchev–Trinajstić information content (AvgIpc) is 2.74. The lowest BCUT2D eigenvalue weighted by Crippen LogP contribution is -2.57. The van der Waals surface area contributed by atoms with Crippen molar-refractivity contribution in [3.63, 3.8) is 0 Å². The fourth-order valence-corrected chi connectivity index (χ4v) is 6.35. The van der Waals surface area contributed by atoms with Crippen LogP contribution in [0, 0.1) is 22.7 Å². The molecule has 4 heteroatoms. The Morgan fingerprint density at radius 1 is 1.19 bits per heavy atom. The smallest absolute Gasteiger partial charge is 0.196 e. The summed E-state index contributed by atoms with van der Waals surface area (Å²) in [6.07, 6.45) is 0.0708. The Balaban J connectivity index is 1.89. The van der Waals surface area contributed by atoms with Crippen LogP contribution < -0.4 is 0 Å². The van der Waals surface area contributed by atoms with Gasteiger partial charge in [0.05, 0.1) is 11.5 Å². The largest absolute Gasteiger partial charge is 0.392 e. The molecule has 0 heterocycles. The lowest BCUT2D eigenvalue weighted by Gasteiger charge is -2.40. The number of fused-ring (bicyclic) bond motifs is 1. The summed E-state index contributed by atoms with van der Waals surface area (Å²) in [5.41, 5.74) is -1.56. The van der Waals surface area contributed by atoms with Gasteiger partial charge in [0.1, 0.15) is 5.60 Å². The molecular formula is C17H16O4. The highest BCUT2D eigenvalue weighted by molar-refractivity contribution is 6.24. The molecule has 1 aromatic rings. The first-order valence-corrected chi connectivity index (χ1v) is 7.41. The summed E-state index contributed by atoms with van der Waals surface area (Å²) in [5.74, 6) is -0.323. The Kier molecular flexibility index (Phi) is 1.72.